The predicted molar refractivity (Wildman–Crippen MR) is 120 cm³/mol. The average molecular weight is 435 g/mol. The van der Waals surface area contributed by atoms with Crippen molar-refractivity contribution in [3.05, 3.63) is 71.8 Å². The van der Waals surface area contributed by atoms with Crippen LogP contribution in [0, 0.1) is 0 Å². The van der Waals surface area contributed by atoms with Crippen molar-refractivity contribution in [1.82, 2.24) is 10.6 Å². The topological polar surface area (TPSA) is 74.6 Å². The standard InChI is InChI=1S/C22H28F3N5O/c1-5-17(13-21(27-2)28-3)31-18-10-11-20(19(26)12-18)30(4)14-29-16-8-6-15(7-9-16)22(23,24)25/h5-13,27-29H,14,26H2,1-4H3/b17-5+. The summed E-state index contributed by atoms with van der Waals surface area (Å²) >= 11 is 0. The number of hydrogen-bond acceptors (Lipinski definition) is 6. The van der Waals surface area contributed by atoms with Gasteiger partial charge in [-0.1, -0.05) is 0 Å². The summed E-state index contributed by atoms with van der Waals surface area (Å²) in [6.07, 6.45) is -0.693. The number of hydrogen-bond donors (Lipinski definition) is 4. The van der Waals surface area contributed by atoms with E-state index in [4.69, 9.17) is 10.5 Å². The van der Waals surface area contributed by atoms with Crippen molar-refractivity contribution in [2.75, 3.05) is 43.8 Å². The number of rotatable bonds is 9. The predicted octanol–water partition coefficient (Wildman–Crippen LogP) is 4.36. The molecule has 0 radical (unpaired) electrons. The Hall–Kier alpha value is -3.49. The Morgan fingerprint density at radius 3 is 2.26 bits per heavy atom. The summed E-state index contributed by atoms with van der Waals surface area (Å²) in [7, 11) is 5.43. The van der Waals surface area contributed by atoms with E-state index >= 15 is 0 Å². The van der Waals surface area contributed by atoms with Crippen molar-refractivity contribution in [2.45, 2.75) is 13.1 Å². The zero-order valence-electron chi connectivity index (χ0n) is 18.0. The van der Waals surface area contributed by atoms with E-state index in [1.807, 2.05) is 37.1 Å². The second-order valence-electron chi connectivity index (χ2n) is 6.68. The minimum absolute atomic E-state index is 0.353. The van der Waals surface area contributed by atoms with Crippen molar-refractivity contribution in [1.29, 1.82) is 0 Å². The van der Waals surface area contributed by atoms with Gasteiger partial charge in [0.05, 0.1) is 23.6 Å². The van der Waals surface area contributed by atoms with Crippen LogP contribution in [0.4, 0.5) is 30.2 Å². The molecule has 0 bridgehead atoms. The molecule has 0 saturated heterocycles. The molecule has 0 unspecified atom stereocenters. The van der Waals surface area contributed by atoms with Gasteiger partial charge in [0.15, 0.2) is 0 Å². The van der Waals surface area contributed by atoms with Gasteiger partial charge in [-0.3, -0.25) is 0 Å². The molecular weight excluding hydrogens is 407 g/mol. The number of nitrogens with one attached hydrogen (secondary N) is 3. The molecule has 0 aromatic heterocycles. The smallest absolute Gasteiger partial charge is 0.416 e. The fourth-order valence-corrected chi connectivity index (χ4v) is 2.74. The van der Waals surface area contributed by atoms with Crippen molar-refractivity contribution >= 4 is 17.1 Å². The molecule has 0 amide bonds. The zero-order valence-corrected chi connectivity index (χ0v) is 18.0. The lowest BCUT2D eigenvalue weighted by Crippen LogP contribution is -2.25. The summed E-state index contributed by atoms with van der Waals surface area (Å²) in [6.45, 7) is 2.22. The van der Waals surface area contributed by atoms with Gasteiger partial charge >= 0.3 is 6.18 Å². The van der Waals surface area contributed by atoms with Crippen LogP contribution < -0.4 is 31.3 Å². The van der Waals surface area contributed by atoms with Crippen LogP contribution in [0.1, 0.15) is 12.5 Å². The van der Waals surface area contributed by atoms with E-state index in [-0.39, 0.29) is 0 Å². The monoisotopic (exact) mass is 435 g/mol. The lowest BCUT2D eigenvalue weighted by atomic mass is 10.2. The number of halogens is 3. The highest BCUT2D eigenvalue weighted by Crippen LogP contribution is 2.30. The molecule has 0 fully saturated rings. The van der Waals surface area contributed by atoms with E-state index in [0.29, 0.717) is 29.6 Å². The normalized spacial score (nSPS) is 11.5. The number of nitrogens with two attached hydrogens (primary N) is 1. The van der Waals surface area contributed by atoms with Crippen LogP contribution in [0.25, 0.3) is 0 Å². The number of nitrogens with zero attached hydrogens (tertiary/aromatic N) is 1. The van der Waals surface area contributed by atoms with Gasteiger partial charge in [-0.05, 0) is 49.4 Å². The second kappa shape index (κ2) is 10.5. The number of ether oxygens (including phenoxy) is 1. The quantitative estimate of drug-likeness (QED) is 0.203. The third kappa shape index (κ3) is 6.77. The summed E-state index contributed by atoms with van der Waals surface area (Å²) in [6, 6.07) is 10.2. The van der Waals surface area contributed by atoms with Gasteiger partial charge in [-0.2, -0.15) is 13.2 Å². The van der Waals surface area contributed by atoms with Gasteiger partial charge in [-0.15, -0.1) is 0 Å². The molecule has 0 aliphatic rings. The van der Waals surface area contributed by atoms with Crippen molar-refractivity contribution < 1.29 is 17.9 Å². The Bertz CT molecular complexity index is 918. The number of alkyl halides is 3. The summed E-state index contributed by atoms with van der Waals surface area (Å²) in [5.74, 6) is 2.02. The van der Waals surface area contributed by atoms with Crippen LogP contribution in [0.2, 0.25) is 0 Å². The van der Waals surface area contributed by atoms with Crippen LogP contribution >= 0.6 is 0 Å². The Morgan fingerprint density at radius 2 is 1.74 bits per heavy atom. The van der Waals surface area contributed by atoms with Crippen molar-refractivity contribution in [3.63, 3.8) is 0 Å². The molecule has 0 saturated carbocycles. The zero-order chi connectivity index (χ0) is 23.0. The second-order valence-corrected chi connectivity index (χ2v) is 6.68. The molecule has 0 aliphatic carbocycles. The lowest BCUT2D eigenvalue weighted by Gasteiger charge is -2.23. The SMILES string of the molecule is C/C=C(\C=C(NC)NC)Oc1ccc(N(C)CNc2ccc(C(F)(F)F)cc2)c(N)c1. The first-order chi connectivity index (χ1) is 14.7. The molecule has 168 valence electrons. The van der Waals surface area contributed by atoms with Gasteiger partial charge < -0.3 is 31.3 Å². The minimum atomic E-state index is -4.35. The number of nitrogen functional groups attached to an aromatic ring is 1. The molecule has 0 aliphatic heterocycles. The van der Waals surface area contributed by atoms with E-state index in [2.05, 4.69) is 16.0 Å². The van der Waals surface area contributed by atoms with E-state index in [0.717, 1.165) is 23.6 Å². The lowest BCUT2D eigenvalue weighted by molar-refractivity contribution is -0.137. The number of allylic oxidation sites excluding steroid dienone is 2. The Morgan fingerprint density at radius 1 is 1.10 bits per heavy atom. The summed E-state index contributed by atoms with van der Waals surface area (Å²) in [5, 5.41) is 9.10. The van der Waals surface area contributed by atoms with E-state index in [1.165, 1.54) is 12.1 Å². The summed E-state index contributed by atoms with van der Waals surface area (Å²) in [4.78, 5) is 1.85. The van der Waals surface area contributed by atoms with Crippen LogP contribution in [0.3, 0.4) is 0 Å². The van der Waals surface area contributed by atoms with Crippen LogP contribution in [-0.4, -0.2) is 27.8 Å². The Kier molecular flexibility index (Phi) is 8.07. The Labute approximate surface area is 180 Å². The van der Waals surface area contributed by atoms with Crippen LogP contribution in [0.15, 0.2) is 66.2 Å². The van der Waals surface area contributed by atoms with Gasteiger partial charge in [0.25, 0.3) is 0 Å². The van der Waals surface area contributed by atoms with Crippen molar-refractivity contribution in [3.8, 4) is 5.75 Å². The highest BCUT2D eigenvalue weighted by Gasteiger charge is 2.29. The average Bonchev–Trinajstić information content (AvgIpc) is 2.74. The van der Waals surface area contributed by atoms with Gasteiger partial charge in [0.1, 0.15) is 17.3 Å². The largest absolute Gasteiger partial charge is 0.458 e. The first-order valence-electron chi connectivity index (χ1n) is 9.61. The molecule has 0 spiro atoms. The molecular formula is C22H28F3N5O. The summed E-state index contributed by atoms with van der Waals surface area (Å²) in [5.41, 5.74) is 7.36. The highest BCUT2D eigenvalue weighted by atomic mass is 19.4. The van der Waals surface area contributed by atoms with Crippen LogP contribution in [0.5, 0.6) is 5.75 Å². The maximum atomic E-state index is 12.7. The maximum Gasteiger partial charge on any atom is 0.416 e. The molecule has 6 nitrogen and oxygen atoms in total. The maximum absolute atomic E-state index is 12.7. The molecule has 0 atom stereocenters. The van der Waals surface area contributed by atoms with Crippen molar-refractivity contribution in [2.24, 2.45) is 0 Å². The fraction of sp³-hybridized carbons (Fsp3) is 0.273. The first kappa shape index (κ1) is 23.8. The third-order valence-corrected chi connectivity index (χ3v) is 4.49. The summed E-state index contributed by atoms with van der Waals surface area (Å²) < 4.78 is 43.9. The van der Waals surface area contributed by atoms with Gasteiger partial charge in [0.2, 0.25) is 0 Å². The van der Waals surface area contributed by atoms with E-state index in [9.17, 15) is 13.2 Å². The van der Waals surface area contributed by atoms with Crippen LogP contribution in [-0.2, 0) is 6.18 Å². The van der Waals surface area contributed by atoms with E-state index in [1.54, 1.807) is 26.2 Å². The molecule has 2 rings (SSSR count). The molecule has 31 heavy (non-hydrogen) atoms. The van der Waals surface area contributed by atoms with Gasteiger partial charge in [0, 0.05) is 39.0 Å². The molecule has 5 N–H and O–H groups in total. The number of anilines is 3. The highest BCUT2D eigenvalue weighted by molar-refractivity contribution is 5.69. The Balaban J connectivity index is 2.03. The van der Waals surface area contributed by atoms with Gasteiger partial charge in [-0.25, -0.2) is 0 Å². The first-order valence-corrected chi connectivity index (χ1v) is 9.61. The minimum Gasteiger partial charge on any atom is -0.458 e. The molecule has 2 aromatic rings. The molecule has 0 heterocycles. The van der Waals surface area contributed by atoms with E-state index < -0.39 is 11.7 Å². The third-order valence-electron chi connectivity index (χ3n) is 4.49. The molecule has 9 heteroatoms. The fourth-order valence-electron chi connectivity index (χ4n) is 2.74. The number of benzene rings is 2. The molecule has 2 aromatic carbocycles.